The van der Waals surface area contributed by atoms with Crippen LogP contribution in [-0.2, 0) is 19.2 Å². The van der Waals surface area contributed by atoms with Crippen LogP contribution < -0.4 is 10.6 Å². The topological polar surface area (TPSA) is 92.3 Å². The number of hydrogen-bond donors (Lipinski definition) is 2. The number of nitrogens with one attached hydrogen (secondary N) is 2. The van der Waals surface area contributed by atoms with E-state index in [1.807, 2.05) is 0 Å². The summed E-state index contributed by atoms with van der Waals surface area (Å²) < 4.78 is 0. The molecule has 6 heteroatoms. The number of carbonyl (C=O) groups excluding carboxylic acids is 4. The van der Waals surface area contributed by atoms with Gasteiger partial charge in [0.15, 0.2) is 0 Å². The van der Waals surface area contributed by atoms with Gasteiger partial charge in [-0.3, -0.25) is 29.8 Å². The lowest BCUT2D eigenvalue weighted by Gasteiger charge is -2.06. The second-order valence-electron chi connectivity index (χ2n) is 7.74. The zero-order valence-corrected chi connectivity index (χ0v) is 15.7. The monoisotopic (exact) mass is 364 g/mol. The normalized spacial score (nSPS) is 22.8. The summed E-state index contributed by atoms with van der Waals surface area (Å²) in [6, 6.07) is 0. The smallest absolute Gasteiger partial charge is 0.230 e. The van der Waals surface area contributed by atoms with Crippen molar-refractivity contribution in [1.82, 2.24) is 10.6 Å². The van der Waals surface area contributed by atoms with E-state index in [0.717, 1.165) is 38.5 Å². The number of hydrogen-bond acceptors (Lipinski definition) is 4. The average Bonchev–Trinajstić information content (AvgIpc) is 3.08. The maximum Gasteiger partial charge on any atom is 0.230 e. The van der Waals surface area contributed by atoms with Gasteiger partial charge in [-0.05, 0) is 12.8 Å². The summed E-state index contributed by atoms with van der Waals surface area (Å²) in [5, 5.41) is 4.73. The van der Waals surface area contributed by atoms with Crippen molar-refractivity contribution >= 4 is 23.6 Å². The molecular weight excluding hydrogens is 332 g/mol. The second-order valence-corrected chi connectivity index (χ2v) is 7.74. The van der Waals surface area contributed by atoms with Crippen LogP contribution in [0.5, 0.6) is 0 Å². The molecule has 4 amide bonds. The Bertz CT molecular complexity index is 472. The predicted octanol–water partition coefficient (Wildman–Crippen LogP) is 2.99. The van der Waals surface area contributed by atoms with Gasteiger partial charge in [-0.1, -0.05) is 64.2 Å². The Morgan fingerprint density at radius 2 is 0.846 bits per heavy atom. The van der Waals surface area contributed by atoms with E-state index in [9.17, 15) is 19.2 Å². The minimum Gasteiger partial charge on any atom is -0.296 e. The number of imide groups is 2. The van der Waals surface area contributed by atoms with Gasteiger partial charge in [0.05, 0.1) is 0 Å². The van der Waals surface area contributed by atoms with Crippen LogP contribution in [0, 0.1) is 11.8 Å². The van der Waals surface area contributed by atoms with Crippen molar-refractivity contribution in [2.45, 2.75) is 89.9 Å². The minimum absolute atomic E-state index is 0.0871. The van der Waals surface area contributed by atoms with Gasteiger partial charge < -0.3 is 0 Å². The van der Waals surface area contributed by atoms with Gasteiger partial charge in [0.1, 0.15) is 0 Å². The maximum atomic E-state index is 11.4. The van der Waals surface area contributed by atoms with E-state index in [0.29, 0.717) is 12.8 Å². The fourth-order valence-corrected chi connectivity index (χ4v) is 3.88. The van der Waals surface area contributed by atoms with E-state index in [2.05, 4.69) is 10.6 Å². The van der Waals surface area contributed by atoms with Crippen LogP contribution >= 0.6 is 0 Å². The molecule has 2 saturated heterocycles. The Morgan fingerprint density at radius 1 is 0.538 bits per heavy atom. The van der Waals surface area contributed by atoms with E-state index >= 15 is 0 Å². The van der Waals surface area contributed by atoms with E-state index in [-0.39, 0.29) is 35.5 Å². The molecule has 2 N–H and O–H groups in total. The highest BCUT2D eigenvalue weighted by molar-refractivity contribution is 6.03. The summed E-state index contributed by atoms with van der Waals surface area (Å²) in [6.45, 7) is 0. The zero-order chi connectivity index (χ0) is 18.8. The van der Waals surface area contributed by atoms with E-state index in [1.165, 1.54) is 38.5 Å². The van der Waals surface area contributed by atoms with Crippen molar-refractivity contribution in [2.24, 2.45) is 11.8 Å². The van der Waals surface area contributed by atoms with Crippen molar-refractivity contribution < 1.29 is 19.2 Å². The molecule has 0 bridgehead atoms. The molecule has 6 nitrogen and oxygen atoms in total. The Balaban J connectivity index is 1.32. The summed E-state index contributed by atoms with van der Waals surface area (Å²) in [6.07, 6.45) is 14.1. The van der Waals surface area contributed by atoms with Gasteiger partial charge in [0.2, 0.25) is 23.6 Å². The van der Waals surface area contributed by atoms with Gasteiger partial charge in [-0.2, -0.15) is 0 Å². The Hall–Kier alpha value is -1.72. The molecule has 26 heavy (non-hydrogen) atoms. The molecule has 2 heterocycles. The van der Waals surface area contributed by atoms with Crippen molar-refractivity contribution in [2.75, 3.05) is 0 Å². The Kier molecular flexibility index (Phi) is 8.78. The fraction of sp³-hybridized carbons (Fsp3) is 0.800. The second kappa shape index (κ2) is 11.1. The fourth-order valence-electron chi connectivity index (χ4n) is 3.88. The van der Waals surface area contributed by atoms with Crippen molar-refractivity contribution in [3.05, 3.63) is 0 Å². The zero-order valence-electron chi connectivity index (χ0n) is 15.7. The van der Waals surface area contributed by atoms with Crippen LogP contribution in [0.3, 0.4) is 0 Å². The van der Waals surface area contributed by atoms with Crippen LogP contribution in [0.2, 0.25) is 0 Å². The highest BCUT2D eigenvalue weighted by Crippen LogP contribution is 2.21. The van der Waals surface area contributed by atoms with E-state index in [1.54, 1.807) is 0 Å². The molecule has 2 unspecified atom stereocenters. The van der Waals surface area contributed by atoms with Crippen LogP contribution in [0.15, 0.2) is 0 Å². The number of amides is 4. The molecule has 2 atom stereocenters. The Morgan fingerprint density at radius 3 is 1.12 bits per heavy atom. The molecule has 0 aliphatic carbocycles. The van der Waals surface area contributed by atoms with Gasteiger partial charge in [0.25, 0.3) is 0 Å². The summed E-state index contributed by atoms with van der Waals surface area (Å²) >= 11 is 0. The summed E-state index contributed by atoms with van der Waals surface area (Å²) in [4.78, 5) is 45.1. The lowest BCUT2D eigenvalue weighted by molar-refractivity contribution is -0.127. The minimum atomic E-state index is -0.125. The summed E-state index contributed by atoms with van der Waals surface area (Å²) in [7, 11) is 0. The van der Waals surface area contributed by atoms with Crippen LogP contribution in [0.4, 0.5) is 0 Å². The SMILES string of the molecule is O=C1CC(CCCCCCCCCCCCC2CC(=O)NC2=O)C(=O)N1. The molecule has 2 aliphatic heterocycles. The van der Waals surface area contributed by atoms with Gasteiger partial charge >= 0.3 is 0 Å². The van der Waals surface area contributed by atoms with Crippen molar-refractivity contribution in [1.29, 1.82) is 0 Å². The first-order valence-corrected chi connectivity index (χ1v) is 10.2. The molecule has 2 rings (SSSR count). The van der Waals surface area contributed by atoms with Gasteiger partial charge in [-0.15, -0.1) is 0 Å². The molecule has 0 spiro atoms. The molecule has 0 aromatic heterocycles. The Labute approximate surface area is 155 Å². The van der Waals surface area contributed by atoms with E-state index in [4.69, 9.17) is 0 Å². The third-order valence-electron chi connectivity index (χ3n) is 5.49. The third-order valence-corrected chi connectivity index (χ3v) is 5.49. The lowest BCUT2D eigenvalue weighted by Crippen LogP contribution is -2.21. The maximum absolute atomic E-state index is 11.4. The number of unbranched alkanes of at least 4 members (excludes halogenated alkanes) is 9. The van der Waals surface area contributed by atoms with Gasteiger partial charge in [0, 0.05) is 24.7 Å². The molecule has 0 aromatic rings. The highest BCUT2D eigenvalue weighted by atomic mass is 16.2. The molecule has 0 saturated carbocycles. The average molecular weight is 364 g/mol. The number of carbonyl (C=O) groups is 4. The highest BCUT2D eigenvalue weighted by Gasteiger charge is 2.30. The molecule has 0 aromatic carbocycles. The van der Waals surface area contributed by atoms with Crippen LogP contribution in [0.25, 0.3) is 0 Å². The first kappa shape index (κ1) is 20.6. The summed E-state index contributed by atoms with van der Waals surface area (Å²) in [5.74, 6) is -0.600. The molecule has 2 fully saturated rings. The quantitative estimate of drug-likeness (QED) is 0.388. The van der Waals surface area contributed by atoms with E-state index < -0.39 is 0 Å². The van der Waals surface area contributed by atoms with Crippen LogP contribution in [0.1, 0.15) is 89.9 Å². The lowest BCUT2D eigenvalue weighted by atomic mass is 9.98. The third kappa shape index (κ3) is 7.26. The first-order chi connectivity index (χ1) is 12.6. The molecule has 0 radical (unpaired) electrons. The summed E-state index contributed by atoms with van der Waals surface area (Å²) in [5.41, 5.74) is 0. The van der Waals surface area contributed by atoms with Crippen molar-refractivity contribution in [3.8, 4) is 0 Å². The number of rotatable bonds is 13. The largest absolute Gasteiger partial charge is 0.296 e. The van der Waals surface area contributed by atoms with Crippen LogP contribution in [-0.4, -0.2) is 23.6 Å². The molecule has 146 valence electrons. The predicted molar refractivity (Wildman–Crippen MR) is 97.9 cm³/mol. The molecule has 2 aliphatic rings. The molecular formula is C20H32N2O4. The first-order valence-electron chi connectivity index (χ1n) is 10.2. The van der Waals surface area contributed by atoms with Crippen molar-refractivity contribution in [3.63, 3.8) is 0 Å². The standard InChI is InChI=1S/C20H32N2O4/c23-17-13-15(19(25)21-17)11-9-7-5-3-1-2-4-6-8-10-12-16-14-18(24)22-20(16)26/h15-16H,1-14H2,(H,21,23,25)(H,22,24,26). The van der Waals surface area contributed by atoms with Gasteiger partial charge in [-0.25, -0.2) is 0 Å².